The van der Waals surface area contributed by atoms with Gasteiger partial charge in [0.1, 0.15) is 0 Å². The van der Waals surface area contributed by atoms with Gasteiger partial charge in [0, 0.05) is 19.3 Å². The van der Waals surface area contributed by atoms with E-state index in [4.69, 9.17) is 30.4 Å². The van der Waals surface area contributed by atoms with E-state index in [-0.39, 0.29) is 60.3 Å². The number of hydrogen-bond acceptors (Lipinski definition) is 10. The van der Waals surface area contributed by atoms with Gasteiger partial charge < -0.3 is 50.2 Å². The van der Waals surface area contributed by atoms with Crippen LogP contribution >= 0.6 is 0 Å². The van der Waals surface area contributed by atoms with Crippen molar-refractivity contribution < 1.29 is 59.8 Å². The molecule has 1 aliphatic carbocycles. The third kappa shape index (κ3) is 11.7. The molecule has 2 fully saturated rings. The Labute approximate surface area is 198 Å². The van der Waals surface area contributed by atoms with Crippen LogP contribution in [0, 0.1) is 11.3 Å². The van der Waals surface area contributed by atoms with E-state index >= 15 is 0 Å². The standard InChI is InChI=1S/C13H22O8.C7H16N2.Pt/c14-11(15)13(12(16)17)1-3-18-5-7-20-9-10-21-8-6-19-4-2-13;8-5-6-3-1-2-4-7(6)9;/h1-10H2,(H,14,15)(H,16,17);6-7H,1-5,8-9H2;/q;;+2/p-2/t;6-,7+;/m.0./s1. The van der Waals surface area contributed by atoms with Gasteiger partial charge in [0.05, 0.1) is 57.0 Å². The summed E-state index contributed by atoms with van der Waals surface area (Å²) < 4.78 is 20.8. The summed E-state index contributed by atoms with van der Waals surface area (Å²) in [6.45, 7) is 2.67. The summed E-state index contributed by atoms with van der Waals surface area (Å²) in [6.07, 6.45) is 4.59. The van der Waals surface area contributed by atoms with E-state index in [0.717, 1.165) is 6.54 Å². The number of rotatable bonds is 3. The maximum Gasteiger partial charge on any atom is 2.00 e. The molecule has 184 valence electrons. The van der Waals surface area contributed by atoms with Crippen molar-refractivity contribution in [3.8, 4) is 0 Å². The molecule has 0 aromatic rings. The zero-order chi connectivity index (χ0) is 22.2. The molecule has 4 N–H and O–H groups in total. The number of aliphatic carboxylic acids is 2. The van der Waals surface area contributed by atoms with E-state index in [1.165, 1.54) is 25.7 Å². The first kappa shape index (κ1) is 30.4. The molecule has 1 saturated heterocycles. The molecule has 1 saturated carbocycles. The average molecular weight is 628 g/mol. The molecule has 0 aromatic carbocycles. The summed E-state index contributed by atoms with van der Waals surface area (Å²) in [4.78, 5) is 22.4. The van der Waals surface area contributed by atoms with Crippen molar-refractivity contribution >= 4 is 11.9 Å². The Morgan fingerprint density at radius 1 is 0.774 bits per heavy atom. The summed E-state index contributed by atoms with van der Waals surface area (Å²) in [5.41, 5.74) is 9.21. The summed E-state index contributed by atoms with van der Waals surface area (Å²) in [7, 11) is 0. The van der Waals surface area contributed by atoms with Gasteiger partial charge in [-0.3, -0.25) is 0 Å². The smallest absolute Gasteiger partial charge is 0.549 e. The average Bonchev–Trinajstić information content (AvgIpc) is 2.73. The van der Waals surface area contributed by atoms with Crippen molar-refractivity contribution in [3.63, 3.8) is 0 Å². The van der Waals surface area contributed by atoms with Crippen LogP contribution in [-0.2, 0) is 49.6 Å². The third-order valence-corrected chi connectivity index (χ3v) is 5.51. The maximum atomic E-state index is 11.2. The molecule has 1 aliphatic heterocycles. The van der Waals surface area contributed by atoms with E-state index in [1.807, 2.05) is 0 Å². The predicted octanol–water partition coefficient (Wildman–Crippen LogP) is -2.21. The minimum Gasteiger partial charge on any atom is -0.549 e. The zero-order valence-electron chi connectivity index (χ0n) is 18.0. The van der Waals surface area contributed by atoms with Gasteiger partial charge in [0.25, 0.3) is 0 Å². The molecule has 2 aliphatic rings. The van der Waals surface area contributed by atoms with Crippen molar-refractivity contribution in [3.05, 3.63) is 0 Å². The van der Waals surface area contributed by atoms with E-state index in [2.05, 4.69) is 0 Å². The second-order valence-electron chi connectivity index (χ2n) is 7.55. The molecule has 0 unspecified atom stereocenters. The van der Waals surface area contributed by atoms with Gasteiger partial charge in [-0.2, -0.15) is 0 Å². The number of carboxylic acid groups (broad SMARTS) is 2. The molecule has 0 radical (unpaired) electrons. The SMILES string of the molecule is NC[C@@H]1CCCC[C@H]1N.O=C([O-])C1(C(=O)[O-])CCOCCOCCOCCOCC1.[Pt+2]. The van der Waals surface area contributed by atoms with Crippen LogP contribution in [0.4, 0.5) is 0 Å². The molecule has 2 atom stereocenters. The van der Waals surface area contributed by atoms with Crippen LogP contribution in [0.15, 0.2) is 0 Å². The Bertz CT molecular complexity index is 466. The first-order valence-corrected chi connectivity index (χ1v) is 10.6. The van der Waals surface area contributed by atoms with Gasteiger partial charge in [-0.1, -0.05) is 12.8 Å². The van der Waals surface area contributed by atoms with Crippen LogP contribution in [0.1, 0.15) is 38.5 Å². The van der Waals surface area contributed by atoms with E-state index in [0.29, 0.717) is 38.4 Å². The monoisotopic (exact) mass is 627 g/mol. The van der Waals surface area contributed by atoms with E-state index in [1.54, 1.807) is 0 Å². The summed E-state index contributed by atoms with van der Waals surface area (Å²) >= 11 is 0. The minimum atomic E-state index is -2.11. The fourth-order valence-corrected chi connectivity index (χ4v) is 3.40. The molecule has 10 nitrogen and oxygen atoms in total. The summed E-state index contributed by atoms with van der Waals surface area (Å²) in [6, 6.07) is 0.392. The Kier molecular flexibility index (Phi) is 17.5. The molecule has 0 spiro atoms. The van der Waals surface area contributed by atoms with Crippen LogP contribution in [0.5, 0.6) is 0 Å². The fraction of sp³-hybridized carbons (Fsp3) is 0.900. The largest absolute Gasteiger partial charge is 2.00 e. The van der Waals surface area contributed by atoms with Crippen LogP contribution in [-0.4, -0.2) is 77.4 Å². The van der Waals surface area contributed by atoms with Gasteiger partial charge in [-0.05, 0) is 38.1 Å². The Morgan fingerprint density at radius 2 is 1.16 bits per heavy atom. The topological polar surface area (TPSA) is 169 Å². The van der Waals surface area contributed by atoms with Gasteiger partial charge in [-0.15, -0.1) is 0 Å². The third-order valence-electron chi connectivity index (χ3n) is 5.51. The van der Waals surface area contributed by atoms with E-state index in [9.17, 15) is 19.8 Å². The minimum absolute atomic E-state index is 0. The van der Waals surface area contributed by atoms with Gasteiger partial charge >= 0.3 is 21.1 Å². The van der Waals surface area contributed by atoms with Crippen molar-refractivity contribution in [1.29, 1.82) is 0 Å². The van der Waals surface area contributed by atoms with Crippen molar-refractivity contribution in [2.45, 2.75) is 44.6 Å². The first-order valence-electron chi connectivity index (χ1n) is 10.6. The molecule has 0 bridgehead atoms. The van der Waals surface area contributed by atoms with Gasteiger partial charge in [-0.25, -0.2) is 0 Å². The molecular weight excluding hydrogens is 591 g/mol. The first-order chi connectivity index (χ1) is 14.4. The molecule has 11 heteroatoms. The number of nitrogens with two attached hydrogens (primary N) is 2. The van der Waals surface area contributed by atoms with Crippen LogP contribution in [0.25, 0.3) is 0 Å². The van der Waals surface area contributed by atoms with Crippen LogP contribution in [0.3, 0.4) is 0 Å². The van der Waals surface area contributed by atoms with Crippen molar-refractivity contribution in [1.82, 2.24) is 0 Å². The predicted molar refractivity (Wildman–Crippen MR) is 104 cm³/mol. The van der Waals surface area contributed by atoms with Crippen molar-refractivity contribution in [2.75, 3.05) is 59.4 Å². The Balaban J connectivity index is 0.000000753. The second kappa shape index (κ2) is 17.9. The Hall–Kier alpha value is -0.612. The molecule has 1 heterocycles. The van der Waals surface area contributed by atoms with Crippen LogP contribution < -0.4 is 21.7 Å². The molecule has 0 aromatic heterocycles. The normalized spacial score (nSPS) is 26.0. The van der Waals surface area contributed by atoms with Gasteiger partial charge in [0.15, 0.2) is 0 Å². The Morgan fingerprint density at radius 3 is 1.48 bits per heavy atom. The molecule has 0 amide bonds. The summed E-state index contributed by atoms with van der Waals surface area (Å²) in [5.74, 6) is -2.77. The summed E-state index contributed by atoms with van der Waals surface area (Å²) in [5, 5.41) is 22.4. The number of carboxylic acids is 2. The second-order valence-corrected chi connectivity index (χ2v) is 7.55. The van der Waals surface area contributed by atoms with Crippen LogP contribution in [0.2, 0.25) is 0 Å². The molecular formula is C20H36N2O8Pt. The molecule has 2 rings (SSSR count). The maximum absolute atomic E-state index is 11.2. The quantitative estimate of drug-likeness (QED) is 0.328. The van der Waals surface area contributed by atoms with Crippen molar-refractivity contribution in [2.24, 2.45) is 22.8 Å². The number of hydrogen-bond donors (Lipinski definition) is 2. The van der Waals surface area contributed by atoms with Gasteiger partial charge in [0.2, 0.25) is 0 Å². The number of carbonyl (C=O) groups excluding carboxylic acids is 2. The van der Waals surface area contributed by atoms with E-state index < -0.39 is 17.4 Å². The zero-order valence-corrected chi connectivity index (χ0v) is 20.3. The molecule has 31 heavy (non-hydrogen) atoms. The fourth-order valence-electron chi connectivity index (χ4n) is 3.40. The number of ether oxygens (including phenoxy) is 4. The number of carbonyl (C=O) groups is 2.